The molecule has 11 heteroatoms. The average molecular weight is 548 g/mol. The number of hydrogen-bond acceptors (Lipinski definition) is 7. The Morgan fingerprint density at radius 2 is 1.95 bits per heavy atom. The second-order valence-electron chi connectivity index (χ2n) is 8.92. The van der Waals surface area contributed by atoms with Crippen LogP contribution >= 0.6 is 11.6 Å². The van der Waals surface area contributed by atoms with Crippen LogP contribution in [0.5, 0.6) is 5.75 Å². The number of methoxy groups -OCH3 is 2. The van der Waals surface area contributed by atoms with E-state index in [-0.39, 0.29) is 18.9 Å². The van der Waals surface area contributed by atoms with Crippen molar-refractivity contribution in [1.82, 2.24) is 19.3 Å². The summed E-state index contributed by atoms with van der Waals surface area (Å²) in [5, 5.41) is 8.65. The molecule has 0 saturated heterocycles. The number of ether oxygens (including phenoxy) is 2. The second-order valence-corrected chi connectivity index (χ2v) is 9.36. The van der Waals surface area contributed by atoms with Crippen molar-refractivity contribution < 1.29 is 18.7 Å². The van der Waals surface area contributed by atoms with Crippen LogP contribution < -0.4 is 15.6 Å². The third kappa shape index (κ3) is 5.43. The lowest BCUT2D eigenvalue weighted by molar-refractivity contribution is -0.119. The highest BCUT2D eigenvalue weighted by molar-refractivity contribution is 6.31. The number of hydrogen-bond donors (Lipinski definition) is 1. The van der Waals surface area contributed by atoms with Gasteiger partial charge in [-0.05, 0) is 42.0 Å². The van der Waals surface area contributed by atoms with Gasteiger partial charge in [-0.1, -0.05) is 11.6 Å². The predicted octanol–water partition coefficient (Wildman–Crippen LogP) is 4.94. The molecular weight excluding hydrogens is 522 g/mol. The highest BCUT2D eigenvalue weighted by atomic mass is 35.5. The zero-order valence-corrected chi connectivity index (χ0v) is 22.3. The van der Waals surface area contributed by atoms with Gasteiger partial charge in [0.1, 0.15) is 11.8 Å². The Morgan fingerprint density at radius 3 is 2.69 bits per heavy atom. The van der Waals surface area contributed by atoms with E-state index in [1.807, 2.05) is 25.4 Å². The summed E-state index contributed by atoms with van der Waals surface area (Å²) < 4.78 is 19.5. The largest absolute Gasteiger partial charge is 0.495 e. The van der Waals surface area contributed by atoms with Crippen LogP contribution in [0.2, 0.25) is 5.02 Å². The summed E-state index contributed by atoms with van der Waals surface area (Å²) in [7, 11) is 4.88. The molecule has 1 unspecified atom stereocenters. The lowest BCUT2D eigenvalue weighted by atomic mass is 9.98. The molecule has 0 aliphatic carbocycles. The van der Waals surface area contributed by atoms with E-state index in [1.165, 1.54) is 30.3 Å². The molecule has 5 aromatic rings. The Hall–Kier alpha value is -4.41. The van der Waals surface area contributed by atoms with E-state index in [0.717, 1.165) is 10.9 Å². The van der Waals surface area contributed by atoms with Crippen LogP contribution in [0.15, 0.2) is 76.7 Å². The average Bonchev–Trinajstić information content (AvgIpc) is 3.58. The van der Waals surface area contributed by atoms with Gasteiger partial charge in [-0.3, -0.25) is 18.8 Å². The number of benzene rings is 2. The smallest absolute Gasteiger partial charge is 0.252 e. The number of fused-ring (bicyclic) bond motifs is 1. The van der Waals surface area contributed by atoms with Crippen molar-refractivity contribution in [3.63, 3.8) is 0 Å². The molecule has 10 nitrogen and oxygen atoms in total. The summed E-state index contributed by atoms with van der Waals surface area (Å²) >= 11 is 6.32. The fraction of sp³-hybridized carbons (Fsp3) is 0.214. The third-order valence-corrected chi connectivity index (χ3v) is 6.59. The molecule has 0 fully saturated rings. The molecule has 0 bridgehead atoms. The van der Waals surface area contributed by atoms with Crippen LogP contribution in [0.25, 0.3) is 33.4 Å². The van der Waals surface area contributed by atoms with Crippen molar-refractivity contribution in [2.24, 2.45) is 7.05 Å². The van der Waals surface area contributed by atoms with Gasteiger partial charge in [0.25, 0.3) is 5.56 Å². The molecule has 0 spiro atoms. The molecule has 1 N–H and O–H groups in total. The third-order valence-electron chi connectivity index (χ3n) is 6.35. The summed E-state index contributed by atoms with van der Waals surface area (Å²) in [5.41, 5.74) is 2.83. The number of rotatable bonds is 9. The minimum Gasteiger partial charge on any atom is -0.495 e. The first-order chi connectivity index (χ1) is 18.9. The highest BCUT2D eigenvalue weighted by Gasteiger charge is 2.25. The van der Waals surface area contributed by atoms with Gasteiger partial charge in [0.05, 0.1) is 25.0 Å². The number of carbonyl (C=O) groups is 1. The SMILES string of the molecule is COCCC(C(=O)Nc1ccc2nn(C)cc2c1)n1cc(OC)c(-c2cc(Cl)ccc2-c2cnco2)cc1=O. The van der Waals surface area contributed by atoms with E-state index in [2.05, 4.69) is 15.4 Å². The molecule has 0 aliphatic heterocycles. The van der Waals surface area contributed by atoms with E-state index in [1.54, 1.807) is 42.3 Å². The van der Waals surface area contributed by atoms with E-state index in [4.69, 9.17) is 25.5 Å². The number of carbonyl (C=O) groups excluding carboxylic acids is 1. The fourth-order valence-electron chi connectivity index (χ4n) is 4.53. The van der Waals surface area contributed by atoms with Crippen molar-refractivity contribution in [1.29, 1.82) is 0 Å². The molecule has 0 aliphatic rings. The molecule has 3 heterocycles. The maximum Gasteiger partial charge on any atom is 0.252 e. The number of nitrogens with zero attached hydrogens (tertiary/aromatic N) is 4. The lowest BCUT2D eigenvalue weighted by Crippen LogP contribution is -2.34. The molecule has 5 rings (SSSR count). The summed E-state index contributed by atoms with van der Waals surface area (Å²) in [6.07, 6.45) is 6.57. The first-order valence-corrected chi connectivity index (χ1v) is 12.5. The Labute approximate surface area is 228 Å². The Kier molecular flexibility index (Phi) is 7.49. The van der Waals surface area contributed by atoms with Gasteiger partial charge in [0.15, 0.2) is 12.2 Å². The summed E-state index contributed by atoms with van der Waals surface area (Å²) in [6, 6.07) is 11.3. The quantitative estimate of drug-likeness (QED) is 0.278. The number of nitrogens with one attached hydrogen (secondary N) is 1. The topological polar surface area (TPSA) is 113 Å². The number of oxazole rings is 1. The molecule has 2 aromatic carbocycles. The maximum atomic E-state index is 13.5. The first-order valence-electron chi connectivity index (χ1n) is 12.1. The Balaban J connectivity index is 1.54. The van der Waals surface area contributed by atoms with Crippen molar-refractivity contribution in [2.75, 3.05) is 26.1 Å². The normalized spacial score (nSPS) is 12.0. The molecule has 39 heavy (non-hydrogen) atoms. The summed E-state index contributed by atoms with van der Waals surface area (Å²) in [5.74, 6) is 0.526. The van der Waals surface area contributed by atoms with Crippen LogP contribution in [0.1, 0.15) is 12.5 Å². The van der Waals surface area contributed by atoms with Gasteiger partial charge >= 0.3 is 0 Å². The van der Waals surface area contributed by atoms with Gasteiger partial charge in [-0.2, -0.15) is 5.10 Å². The standard InChI is InChI=1S/C28H26ClN5O5/c1-33-14-17-10-19(5-7-23(17)32-33)31-28(36)24(8-9-37-2)34-15-26(38-3)22(12-27(34)35)21-11-18(29)4-6-20(21)25-13-30-16-39-25/h4-7,10-16,24H,8-9H2,1-3H3,(H,31,36). The molecule has 0 radical (unpaired) electrons. The monoisotopic (exact) mass is 547 g/mol. The number of aryl methyl sites for hydroxylation is 1. The van der Waals surface area contributed by atoms with Crippen LogP contribution in [0.4, 0.5) is 5.69 Å². The molecule has 200 valence electrons. The molecular formula is C28H26ClN5O5. The van der Waals surface area contributed by atoms with Gasteiger partial charge in [-0.15, -0.1) is 0 Å². The predicted molar refractivity (Wildman–Crippen MR) is 148 cm³/mol. The fourth-order valence-corrected chi connectivity index (χ4v) is 4.70. The van der Waals surface area contributed by atoms with Crippen LogP contribution in [0.3, 0.4) is 0 Å². The van der Waals surface area contributed by atoms with E-state index < -0.39 is 11.6 Å². The van der Waals surface area contributed by atoms with Crippen molar-refractivity contribution in [3.05, 3.63) is 82.8 Å². The highest BCUT2D eigenvalue weighted by Crippen LogP contribution is 2.38. The van der Waals surface area contributed by atoms with Crippen molar-refractivity contribution in [3.8, 4) is 28.2 Å². The van der Waals surface area contributed by atoms with Crippen LogP contribution in [-0.4, -0.2) is 46.1 Å². The zero-order valence-electron chi connectivity index (χ0n) is 21.6. The molecule has 0 saturated carbocycles. The van der Waals surface area contributed by atoms with Gasteiger partial charge in [-0.25, -0.2) is 4.98 Å². The maximum absolute atomic E-state index is 13.5. The van der Waals surface area contributed by atoms with Crippen molar-refractivity contribution >= 4 is 34.1 Å². The first kappa shape index (κ1) is 26.2. The number of amides is 1. The lowest BCUT2D eigenvalue weighted by Gasteiger charge is -2.21. The van der Waals surface area contributed by atoms with Gasteiger partial charge < -0.3 is 19.2 Å². The van der Waals surface area contributed by atoms with E-state index in [9.17, 15) is 9.59 Å². The van der Waals surface area contributed by atoms with Gasteiger partial charge in [0.2, 0.25) is 5.91 Å². The molecule has 1 atom stereocenters. The number of aromatic nitrogens is 4. The second kappa shape index (κ2) is 11.1. The van der Waals surface area contributed by atoms with Gasteiger partial charge in [0, 0.05) is 66.7 Å². The number of halogens is 1. The Morgan fingerprint density at radius 1 is 1.10 bits per heavy atom. The Bertz CT molecular complexity index is 1690. The molecule has 1 amide bonds. The minimum atomic E-state index is -0.863. The number of pyridine rings is 1. The van der Waals surface area contributed by atoms with Crippen LogP contribution in [-0.2, 0) is 16.6 Å². The summed E-state index contributed by atoms with van der Waals surface area (Å²) in [4.78, 5) is 31.0. The van der Waals surface area contributed by atoms with E-state index in [0.29, 0.717) is 38.9 Å². The zero-order chi connectivity index (χ0) is 27.5. The molecule has 3 aromatic heterocycles. The van der Waals surface area contributed by atoms with E-state index >= 15 is 0 Å². The van der Waals surface area contributed by atoms with Crippen LogP contribution in [0, 0.1) is 0 Å². The number of anilines is 1. The minimum absolute atomic E-state index is 0.264. The summed E-state index contributed by atoms with van der Waals surface area (Å²) in [6.45, 7) is 0.264. The van der Waals surface area contributed by atoms with Crippen molar-refractivity contribution in [2.45, 2.75) is 12.5 Å².